The SMILES string of the molecule is O=C(NC1CC(O)C1)c1ccc(OC(F)F)cc1. The van der Waals surface area contributed by atoms with Gasteiger partial charge >= 0.3 is 6.61 Å². The fraction of sp³-hybridized carbons (Fsp3) is 0.417. The lowest BCUT2D eigenvalue weighted by atomic mass is 9.89. The van der Waals surface area contributed by atoms with E-state index in [0.29, 0.717) is 18.4 Å². The van der Waals surface area contributed by atoms with E-state index in [2.05, 4.69) is 10.1 Å². The van der Waals surface area contributed by atoms with Crippen molar-refractivity contribution in [2.75, 3.05) is 0 Å². The van der Waals surface area contributed by atoms with Crippen molar-refractivity contribution in [3.8, 4) is 5.75 Å². The molecular weight excluding hydrogens is 244 g/mol. The maximum atomic E-state index is 11.9. The summed E-state index contributed by atoms with van der Waals surface area (Å²) in [5.74, 6) is -0.267. The van der Waals surface area contributed by atoms with Crippen molar-refractivity contribution in [2.45, 2.75) is 31.6 Å². The quantitative estimate of drug-likeness (QED) is 0.860. The van der Waals surface area contributed by atoms with Gasteiger partial charge in [0.15, 0.2) is 0 Å². The molecule has 0 spiro atoms. The zero-order chi connectivity index (χ0) is 13.1. The van der Waals surface area contributed by atoms with Crippen molar-refractivity contribution < 1.29 is 23.4 Å². The third kappa shape index (κ3) is 3.16. The molecule has 4 nitrogen and oxygen atoms in total. The van der Waals surface area contributed by atoms with E-state index in [-0.39, 0.29) is 23.8 Å². The summed E-state index contributed by atoms with van der Waals surface area (Å²) in [6, 6.07) is 5.46. The Kier molecular flexibility index (Phi) is 3.76. The molecular formula is C12H13F2NO3. The average molecular weight is 257 g/mol. The lowest BCUT2D eigenvalue weighted by Gasteiger charge is -2.31. The predicted octanol–water partition coefficient (Wildman–Crippen LogP) is 1.54. The molecule has 1 aliphatic rings. The Balaban J connectivity index is 1.90. The molecule has 6 heteroatoms. The van der Waals surface area contributed by atoms with Gasteiger partial charge < -0.3 is 15.2 Å². The van der Waals surface area contributed by atoms with Gasteiger partial charge in [0.05, 0.1) is 6.10 Å². The number of aliphatic hydroxyl groups excluding tert-OH is 1. The number of nitrogens with one attached hydrogen (secondary N) is 1. The van der Waals surface area contributed by atoms with Gasteiger partial charge in [0.2, 0.25) is 0 Å². The van der Waals surface area contributed by atoms with Crippen LogP contribution in [0.4, 0.5) is 8.78 Å². The summed E-state index contributed by atoms with van der Waals surface area (Å²) in [7, 11) is 0. The van der Waals surface area contributed by atoms with Crippen LogP contribution in [0.25, 0.3) is 0 Å². The molecule has 18 heavy (non-hydrogen) atoms. The number of amides is 1. The largest absolute Gasteiger partial charge is 0.435 e. The van der Waals surface area contributed by atoms with Crippen LogP contribution in [0.5, 0.6) is 5.75 Å². The Hall–Kier alpha value is -1.69. The van der Waals surface area contributed by atoms with E-state index < -0.39 is 6.61 Å². The Labute approximate surface area is 103 Å². The zero-order valence-corrected chi connectivity index (χ0v) is 9.48. The average Bonchev–Trinajstić information content (AvgIpc) is 2.27. The third-order valence-corrected chi connectivity index (χ3v) is 2.79. The highest BCUT2D eigenvalue weighted by molar-refractivity contribution is 5.94. The van der Waals surface area contributed by atoms with Crippen LogP contribution in [0.1, 0.15) is 23.2 Å². The molecule has 0 aromatic heterocycles. The second-order valence-electron chi connectivity index (χ2n) is 4.20. The predicted molar refractivity (Wildman–Crippen MR) is 59.6 cm³/mol. The van der Waals surface area contributed by atoms with Crippen LogP contribution in [0.2, 0.25) is 0 Å². The van der Waals surface area contributed by atoms with E-state index >= 15 is 0 Å². The highest BCUT2D eigenvalue weighted by Gasteiger charge is 2.28. The molecule has 1 aliphatic carbocycles. The molecule has 1 amide bonds. The molecule has 0 saturated heterocycles. The zero-order valence-electron chi connectivity index (χ0n) is 9.48. The van der Waals surface area contributed by atoms with E-state index in [1.54, 1.807) is 0 Å². The number of halogens is 2. The number of hydrogen-bond donors (Lipinski definition) is 2. The fourth-order valence-corrected chi connectivity index (χ4v) is 1.76. The van der Waals surface area contributed by atoms with Crippen molar-refractivity contribution >= 4 is 5.91 Å². The minimum Gasteiger partial charge on any atom is -0.435 e. The number of rotatable bonds is 4. The number of hydrogen-bond acceptors (Lipinski definition) is 3. The highest BCUT2D eigenvalue weighted by Crippen LogP contribution is 2.20. The molecule has 0 bridgehead atoms. The van der Waals surface area contributed by atoms with Crippen molar-refractivity contribution in [1.82, 2.24) is 5.32 Å². The van der Waals surface area contributed by atoms with Gasteiger partial charge in [-0.15, -0.1) is 0 Å². The summed E-state index contributed by atoms with van der Waals surface area (Å²) in [5.41, 5.74) is 0.373. The first-order valence-electron chi connectivity index (χ1n) is 5.58. The summed E-state index contributed by atoms with van der Waals surface area (Å²) in [6.45, 7) is -2.87. The maximum absolute atomic E-state index is 11.9. The summed E-state index contributed by atoms with van der Waals surface area (Å²) in [5, 5.41) is 11.8. The maximum Gasteiger partial charge on any atom is 0.387 e. The molecule has 0 atom stereocenters. The first-order chi connectivity index (χ1) is 8.54. The van der Waals surface area contributed by atoms with E-state index in [9.17, 15) is 13.6 Å². The van der Waals surface area contributed by atoms with Crippen LogP contribution < -0.4 is 10.1 Å². The second kappa shape index (κ2) is 5.30. The summed E-state index contributed by atoms with van der Waals surface area (Å²) in [4.78, 5) is 11.7. The number of carbonyl (C=O) groups excluding carboxylic acids is 1. The van der Waals surface area contributed by atoms with Crippen LogP contribution in [-0.4, -0.2) is 29.8 Å². The third-order valence-electron chi connectivity index (χ3n) is 2.79. The van der Waals surface area contributed by atoms with Gasteiger partial charge in [-0.05, 0) is 37.1 Å². The molecule has 0 radical (unpaired) electrons. The van der Waals surface area contributed by atoms with Crippen LogP contribution in [0.15, 0.2) is 24.3 Å². The van der Waals surface area contributed by atoms with E-state index in [4.69, 9.17) is 5.11 Å². The van der Waals surface area contributed by atoms with Gasteiger partial charge in [-0.25, -0.2) is 0 Å². The number of carbonyl (C=O) groups is 1. The first kappa shape index (κ1) is 12.8. The topological polar surface area (TPSA) is 58.6 Å². The number of benzene rings is 1. The van der Waals surface area contributed by atoms with Crippen LogP contribution in [-0.2, 0) is 0 Å². The van der Waals surface area contributed by atoms with Gasteiger partial charge in [0.1, 0.15) is 5.75 Å². The van der Waals surface area contributed by atoms with Gasteiger partial charge in [0.25, 0.3) is 5.91 Å². The van der Waals surface area contributed by atoms with E-state index in [1.165, 1.54) is 24.3 Å². The van der Waals surface area contributed by atoms with E-state index in [1.807, 2.05) is 0 Å². The summed E-state index contributed by atoms with van der Waals surface area (Å²) >= 11 is 0. The van der Waals surface area contributed by atoms with E-state index in [0.717, 1.165) is 0 Å². The van der Waals surface area contributed by atoms with Crippen LogP contribution >= 0.6 is 0 Å². The molecule has 1 saturated carbocycles. The smallest absolute Gasteiger partial charge is 0.387 e. The normalized spacial score (nSPS) is 22.4. The Bertz CT molecular complexity index is 416. The number of alkyl halides is 2. The van der Waals surface area contributed by atoms with Gasteiger partial charge in [-0.1, -0.05) is 0 Å². The standard InChI is InChI=1S/C12H13F2NO3/c13-12(14)18-10-3-1-7(2-4-10)11(17)15-8-5-9(16)6-8/h1-4,8-9,12,16H,5-6H2,(H,15,17). The highest BCUT2D eigenvalue weighted by atomic mass is 19.3. The van der Waals surface area contributed by atoms with Gasteiger partial charge in [-0.3, -0.25) is 4.79 Å². The van der Waals surface area contributed by atoms with Crippen molar-refractivity contribution in [3.05, 3.63) is 29.8 Å². The number of ether oxygens (including phenoxy) is 1. The Morgan fingerprint density at radius 3 is 2.44 bits per heavy atom. The molecule has 0 unspecified atom stereocenters. The number of aliphatic hydroxyl groups is 1. The lowest BCUT2D eigenvalue weighted by molar-refractivity contribution is -0.0498. The van der Waals surface area contributed by atoms with Gasteiger partial charge in [-0.2, -0.15) is 8.78 Å². The van der Waals surface area contributed by atoms with Gasteiger partial charge in [0, 0.05) is 11.6 Å². The molecule has 0 heterocycles. The van der Waals surface area contributed by atoms with Crippen molar-refractivity contribution in [1.29, 1.82) is 0 Å². The molecule has 0 aliphatic heterocycles. The van der Waals surface area contributed by atoms with Crippen LogP contribution in [0, 0.1) is 0 Å². The minimum atomic E-state index is -2.87. The minimum absolute atomic E-state index is 0.00973. The van der Waals surface area contributed by atoms with Crippen molar-refractivity contribution in [3.63, 3.8) is 0 Å². The second-order valence-corrected chi connectivity index (χ2v) is 4.20. The Morgan fingerprint density at radius 1 is 1.33 bits per heavy atom. The molecule has 1 aromatic rings. The first-order valence-corrected chi connectivity index (χ1v) is 5.58. The van der Waals surface area contributed by atoms with Crippen LogP contribution in [0.3, 0.4) is 0 Å². The molecule has 1 aromatic carbocycles. The fourth-order valence-electron chi connectivity index (χ4n) is 1.76. The molecule has 98 valence electrons. The lowest BCUT2D eigenvalue weighted by Crippen LogP contribution is -2.46. The Morgan fingerprint density at radius 2 is 1.94 bits per heavy atom. The summed E-state index contributed by atoms with van der Waals surface area (Å²) in [6.07, 6.45) is 0.772. The monoisotopic (exact) mass is 257 g/mol. The molecule has 2 N–H and O–H groups in total. The van der Waals surface area contributed by atoms with Crippen molar-refractivity contribution in [2.24, 2.45) is 0 Å². The molecule has 2 rings (SSSR count). The molecule has 1 fully saturated rings. The summed E-state index contributed by atoms with van der Waals surface area (Å²) < 4.78 is 28.0.